The molecule has 0 aliphatic heterocycles. The first-order valence-corrected chi connectivity index (χ1v) is 10.0. The van der Waals surface area contributed by atoms with Crippen LogP contribution in [-0.4, -0.2) is 25.6 Å². The number of fused-ring (bicyclic) bond motifs is 2. The normalized spacial score (nSPS) is 12.6. The minimum Gasteiger partial charge on any atom is -0.317 e. The van der Waals surface area contributed by atoms with E-state index in [-0.39, 0.29) is 5.56 Å². The Bertz CT molecular complexity index is 1250. The van der Waals surface area contributed by atoms with Crippen molar-refractivity contribution in [1.82, 2.24) is 19.1 Å². The molecule has 4 aromatic rings. The van der Waals surface area contributed by atoms with Gasteiger partial charge in [-0.2, -0.15) is 0 Å². The second-order valence-corrected chi connectivity index (χ2v) is 7.28. The summed E-state index contributed by atoms with van der Waals surface area (Å²) in [6.07, 6.45) is 0. The average molecular weight is 395 g/mol. The van der Waals surface area contributed by atoms with E-state index in [0.717, 1.165) is 41.1 Å². The second-order valence-electron chi connectivity index (χ2n) is 6.91. The lowest BCUT2D eigenvalue weighted by molar-refractivity contribution is -0.935. The van der Waals surface area contributed by atoms with E-state index in [1.165, 1.54) is 4.90 Å². The van der Waals surface area contributed by atoms with Gasteiger partial charge in [-0.05, 0) is 50.3 Å². The minimum absolute atomic E-state index is 0.0877. The largest absolute Gasteiger partial charge is 0.317 e. The summed E-state index contributed by atoms with van der Waals surface area (Å²) >= 11 is 5.75. The summed E-state index contributed by atoms with van der Waals surface area (Å²) in [6.45, 7) is 7.33. The van der Waals surface area contributed by atoms with Crippen molar-refractivity contribution in [2.75, 3.05) is 6.54 Å². The van der Waals surface area contributed by atoms with Crippen molar-refractivity contribution in [3.05, 3.63) is 69.5 Å². The van der Waals surface area contributed by atoms with E-state index >= 15 is 0 Å². The SMILES string of the molecule is CCn1c(=S)n(C[NH+](CC)Cc2nc3ccccc3c(=O)[nH]2)c2ccccc21. The van der Waals surface area contributed by atoms with E-state index in [2.05, 4.69) is 45.1 Å². The monoisotopic (exact) mass is 394 g/mol. The van der Waals surface area contributed by atoms with Gasteiger partial charge in [-0.25, -0.2) is 4.98 Å². The molecule has 0 aliphatic carbocycles. The number of nitrogens with one attached hydrogen (secondary N) is 2. The lowest BCUT2D eigenvalue weighted by atomic mass is 10.2. The molecule has 144 valence electrons. The third kappa shape index (κ3) is 3.27. The number of nitrogens with zero attached hydrogens (tertiary/aromatic N) is 3. The Hall–Kier alpha value is -2.77. The maximum absolute atomic E-state index is 12.4. The summed E-state index contributed by atoms with van der Waals surface area (Å²) in [5.41, 5.74) is 2.94. The molecule has 2 aromatic carbocycles. The quantitative estimate of drug-likeness (QED) is 0.494. The fourth-order valence-corrected chi connectivity index (χ4v) is 4.09. The van der Waals surface area contributed by atoms with Crippen LogP contribution in [0.4, 0.5) is 0 Å². The van der Waals surface area contributed by atoms with Gasteiger partial charge >= 0.3 is 0 Å². The van der Waals surface area contributed by atoms with Gasteiger partial charge in [-0.1, -0.05) is 24.3 Å². The molecule has 2 aromatic heterocycles. The Morgan fingerprint density at radius 2 is 1.71 bits per heavy atom. The van der Waals surface area contributed by atoms with Crippen molar-refractivity contribution in [3.63, 3.8) is 0 Å². The topological polar surface area (TPSA) is 60.1 Å². The summed E-state index contributed by atoms with van der Waals surface area (Å²) in [4.78, 5) is 21.2. The summed E-state index contributed by atoms with van der Waals surface area (Å²) < 4.78 is 5.18. The number of hydrogen-bond acceptors (Lipinski definition) is 3. The number of H-pyrrole nitrogens is 1. The predicted molar refractivity (Wildman–Crippen MR) is 114 cm³/mol. The van der Waals surface area contributed by atoms with Gasteiger partial charge in [0.1, 0.15) is 6.54 Å². The van der Waals surface area contributed by atoms with Gasteiger partial charge in [-0.3, -0.25) is 9.36 Å². The third-order valence-electron chi connectivity index (χ3n) is 5.20. The Morgan fingerprint density at radius 3 is 2.43 bits per heavy atom. The number of aromatic amines is 1. The van der Waals surface area contributed by atoms with Gasteiger partial charge in [0.2, 0.25) is 0 Å². The molecule has 0 radical (unpaired) electrons. The number of aryl methyl sites for hydroxylation is 1. The molecule has 0 aliphatic rings. The van der Waals surface area contributed by atoms with Crippen LogP contribution in [0.3, 0.4) is 0 Å². The highest BCUT2D eigenvalue weighted by atomic mass is 32.1. The van der Waals surface area contributed by atoms with Crippen molar-refractivity contribution < 1.29 is 4.90 Å². The van der Waals surface area contributed by atoms with Crippen LogP contribution in [0.5, 0.6) is 0 Å². The number of rotatable bonds is 6. The van der Waals surface area contributed by atoms with Crippen molar-refractivity contribution in [3.8, 4) is 0 Å². The van der Waals surface area contributed by atoms with Crippen molar-refractivity contribution in [2.24, 2.45) is 0 Å². The number of para-hydroxylation sites is 3. The number of aromatic nitrogens is 4. The van der Waals surface area contributed by atoms with E-state index < -0.39 is 0 Å². The van der Waals surface area contributed by atoms with Crippen LogP contribution in [0.25, 0.3) is 21.9 Å². The highest BCUT2D eigenvalue weighted by Crippen LogP contribution is 2.17. The molecule has 0 bridgehead atoms. The van der Waals surface area contributed by atoms with Gasteiger partial charge in [0.15, 0.2) is 17.3 Å². The maximum Gasteiger partial charge on any atom is 0.258 e. The predicted octanol–water partition coefficient (Wildman–Crippen LogP) is 2.49. The zero-order valence-corrected chi connectivity index (χ0v) is 16.9. The minimum atomic E-state index is -0.0877. The molecule has 1 unspecified atom stereocenters. The molecule has 0 saturated carbocycles. The number of quaternary nitrogens is 1. The first kappa shape index (κ1) is 18.6. The molecule has 0 fully saturated rings. The van der Waals surface area contributed by atoms with Crippen LogP contribution in [0.2, 0.25) is 0 Å². The molecule has 4 rings (SSSR count). The first-order valence-electron chi connectivity index (χ1n) is 9.62. The highest BCUT2D eigenvalue weighted by Gasteiger charge is 2.16. The van der Waals surface area contributed by atoms with E-state index in [1.807, 2.05) is 30.3 Å². The van der Waals surface area contributed by atoms with Crippen molar-refractivity contribution in [2.45, 2.75) is 33.6 Å². The van der Waals surface area contributed by atoms with E-state index in [1.54, 1.807) is 6.07 Å². The number of hydrogen-bond donors (Lipinski definition) is 2. The van der Waals surface area contributed by atoms with Gasteiger partial charge < -0.3 is 14.5 Å². The van der Waals surface area contributed by atoms with E-state index in [9.17, 15) is 4.79 Å². The Morgan fingerprint density at radius 1 is 1.04 bits per heavy atom. The molecule has 28 heavy (non-hydrogen) atoms. The Kier molecular flexibility index (Phi) is 5.11. The van der Waals surface area contributed by atoms with Crippen molar-refractivity contribution in [1.29, 1.82) is 0 Å². The van der Waals surface area contributed by atoms with Crippen LogP contribution >= 0.6 is 12.2 Å². The number of imidazole rings is 1. The molecule has 6 nitrogen and oxygen atoms in total. The lowest BCUT2D eigenvalue weighted by Crippen LogP contribution is -3.09. The molecular weight excluding hydrogens is 370 g/mol. The van der Waals surface area contributed by atoms with Crippen LogP contribution < -0.4 is 10.5 Å². The summed E-state index contributed by atoms with van der Waals surface area (Å²) in [5.74, 6) is 0.700. The van der Waals surface area contributed by atoms with Gasteiger partial charge in [0.05, 0.1) is 28.5 Å². The third-order valence-corrected chi connectivity index (χ3v) is 5.64. The van der Waals surface area contributed by atoms with Gasteiger partial charge in [0, 0.05) is 6.54 Å². The zero-order valence-electron chi connectivity index (χ0n) is 16.1. The van der Waals surface area contributed by atoms with Crippen LogP contribution in [0.1, 0.15) is 19.7 Å². The average Bonchev–Trinajstić information content (AvgIpc) is 2.98. The van der Waals surface area contributed by atoms with Gasteiger partial charge in [-0.15, -0.1) is 0 Å². The summed E-state index contributed by atoms with van der Waals surface area (Å²) in [5, 5.41) is 0.623. The standard InChI is InChI=1S/C21H23N5OS/c1-3-24(13-19-22-16-10-6-5-9-15(16)20(27)23-19)14-26-18-12-8-7-11-17(18)25(4-2)21(26)28/h5-12H,3-4,13-14H2,1-2H3,(H,22,23,27)/p+1. The summed E-state index contributed by atoms with van der Waals surface area (Å²) in [7, 11) is 0. The lowest BCUT2D eigenvalue weighted by Gasteiger charge is -2.18. The molecule has 0 amide bonds. The molecule has 0 spiro atoms. The molecule has 1 atom stereocenters. The number of benzene rings is 2. The molecule has 2 N–H and O–H groups in total. The summed E-state index contributed by atoms with van der Waals surface area (Å²) in [6, 6.07) is 15.7. The Labute approximate surface area is 168 Å². The van der Waals surface area contributed by atoms with Crippen LogP contribution in [0, 0.1) is 4.77 Å². The highest BCUT2D eigenvalue weighted by molar-refractivity contribution is 7.71. The smallest absolute Gasteiger partial charge is 0.258 e. The van der Waals surface area contributed by atoms with Crippen LogP contribution in [0.15, 0.2) is 53.3 Å². The van der Waals surface area contributed by atoms with Gasteiger partial charge in [0.25, 0.3) is 5.56 Å². The molecule has 2 heterocycles. The Balaban J connectivity index is 1.68. The van der Waals surface area contributed by atoms with Crippen molar-refractivity contribution >= 4 is 34.2 Å². The second kappa shape index (κ2) is 7.69. The van der Waals surface area contributed by atoms with E-state index in [0.29, 0.717) is 17.8 Å². The molecule has 7 heteroatoms. The van der Waals surface area contributed by atoms with E-state index in [4.69, 9.17) is 12.2 Å². The molecule has 0 saturated heterocycles. The maximum atomic E-state index is 12.4. The van der Waals surface area contributed by atoms with Crippen LogP contribution in [-0.2, 0) is 19.8 Å². The first-order chi connectivity index (χ1) is 13.6. The molecular formula is C21H24N5OS+. The zero-order chi connectivity index (χ0) is 19.7. The fourth-order valence-electron chi connectivity index (χ4n) is 3.70. The fraction of sp³-hybridized carbons (Fsp3) is 0.286.